The summed E-state index contributed by atoms with van der Waals surface area (Å²) in [5, 5.41) is 5.52. The molecule has 1 aromatic heterocycles. The quantitative estimate of drug-likeness (QED) is 0.564. The Morgan fingerprint density at radius 2 is 1.75 bits per heavy atom. The van der Waals surface area contributed by atoms with Gasteiger partial charge in [-0.25, -0.2) is 4.39 Å². The van der Waals surface area contributed by atoms with E-state index < -0.39 is 0 Å². The number of carbonyl (C=O) groups is 2. The molecule has 0 unspecified atom stereocenters. The third-order valence-electron chi connectivity index (χ3n) is 3.97. The van der Waals surface area contributed by atoms with E-state index in [1.165, 1.54) is 36.5 Å². The molecule has 0 fully saturated rings. The number of hydrogen-bond donors (Lipinski definition) is 2. The molecule has 6 heteroatoms. The lowest BCUT2D eigenvalue weighted by Gasteiger charge is -2.09. The Labute approximate surface area is 166 Å². The summed E-state index contributed by atoms with van der Waals surface area (Å²) in [6.07, 6.45) is 3.19. The van der Waals surface area contributed by atoms with Crippen molar-refractivity contribution in [1.29, 1.82) is 0 Å². The predicted molar refractivity (Wildman–Crippen MR) is 113 cm³/mol. The van der Waals surface area contributed by atoms with Gasteiger partial charge >= 0.3 is 0 Å². The summed E-state index contributed by atoms with van der Waals surface area (Å²) in [5.74, 6) is -0.703. The molecule has 4 nitrogen and oxygen atoms in total. The second-order valence-electron chi connectivity index (χ2n) is 6.24. The molecule has 0 aliphatic heterocycles. The van der Waals surface area contributed by atoms with Gasteiger partial charge < -0.3 is 10.6 Å². The highest BCUT2D eigenvalue weighted by Gasteiger charge is 2.05. The van der Waals surface area contributed by atoms with E-state index >= 15 is 0 Å². The summed E-state index contributed by atoms with van der Waals surface area (Å²) in [5.41, 5.74) is 3.11. The maximum atomic E-state index is 13.0. The minimum absolute atomic E-state index is 0.166. The molecule has 2 aromatic carbocycles. The van der Waals surface area contributed by atoms with Crippen LogP contribution in [0, 0.1) is 12.7 Å². The molecule has 0 saturated heterocycles. The molecule has 0 atom stereocenters. The predicted octanol–water partition coefficient (Wildman–Crippen LogP) is 5.47. The second-order valence-corrected chi connectivity index (χ2v) is 7.36. The molecule has 0 bridgehead atoms. The lowest BCUT2D eigenvalue weighted by molar-refractivity contribution is -0.114. The van der Waals surface area contributed by atoms with E-state index in [1.54, 1.807) is 30.3 Å². The molecule has 0 saturated carbocycles. The van der Waals surface area contributed by atoms with Crippen LogP contribution in [0.5, 0.6) is 0 Å². The van der Waals surface area contributed by atoms with Crippen LogP contribution in [0.15, 0.2) is 60.7 Å². The van der Waals surface area contributed by atoms with Crippen molar-refractivity contribution >= 4 is 40.6 Å². The van der Waals surface area contributed by atoms with Crippen LogP contribution in [0.4, 0.5) is 15.8 Å². The van der Waals surface area contributed by atoms with E-state index in [2.05, 4.69) is 10.6 Å². The Balaban J connectivity index is 1.66. The van der Waals surface area contributed by atoms with Gasteiger partial charge in [0.2, 0.25) is 11.8 Å². The van der Waals surface area contributed by atoms with Gasteiger partial charge in [-0.15, -0.1) is 11.3 Å². The Bertz CT molecular complexity index is 1040. The summed E-state index contributed by atoms with van der Waals surface area (Å²) in [6, 6.07) is 15.5. The van der Waals surface area contributed by atoms with Crippen molar-refractivity contribution < 1.29 is 14.0 Å². The van der Waals surface area contributed by atoms with Crippen LogP contribution < -0.4 is 10.6 Å². The van der Waals surface area contributed by atoms with Gasteiger partial charge in [0, 0.05) is 34.1 Å². The number of benzene rings is 2. The zero-order chi connectivity index (χ0) is 20.1. The van der Waals surface area contributed by atoms with Gasteiger partial charge in [-0.1, -0.05) is 18.2 Å². The molecule has 28 heavy (non-hydrogen) atoms. The minimum atomic E-state index is -0.269. The maximum Gasteiger partial charge on any atom is 0.248 e. The number of halogens is 1. The van der Waals surface area contributed by atoms with Crippen molar-refractivity contribution in [2.24, 2.45) is 0 Å². The van der Waals surface area contributed by atoms with E-state index in [1.807, 2.05) is 25.1 Å². The van der Waals surface area contributed by atoms with E-state index in [0.29, 0.717) is 11.4 Å². The summed E-state index contributed by atoms with van der Waals surface area (Å²) in [4.78, 5) is 25.4. The van der Waals surface area contributed by atoms with E-state index in [0.717, 1.165) is 20.9 Å². The van der Waals surface area contributed by atoms with Crippen LogP contribution in [-0.2, 0) is 9.59 Å². The third kappa shape index (κ3) is 5.14. The van der Waals surface area contributed by atoms with Crippen molar-refractivity contribution in [2.45, 2.75) is 13.8 Å². The number of hydrogen-bond acceptors (Lipinski definition) is 3. The molecule has 3 rings (SSSR count). The van der Waals surface area contributed by atoms with Gasteiger partial charge in [0.05, 0.1) is 0 Å². The number of aryl methyl sites for hydroxylation is 1. The Hall–Kier alpha value is -3.25. The first kappa shape index (κ1) is 19.5. The van der Waals surface area contributed by atoms with Gasteiger partial charge in [-0.05, 0) is 60.5 Å². The molecule has 2 N–H and O–H groups in total. The molecular formula is C22H19FN2O2S. The van der Waals surface area contributed by atoms with Crippen molar-refractivity contribution in [3.8, 4) is 10.4 Å². The normalized spacial score (nSPS) is 10.8. The average molecular weight is 394 g/mol. The zero-order valence-electron chi connectivity index (χ0n) is 15.5. The lowest BCUT2D eigenvalue weighted by Crippen LogP contribution is -2.10. The fraction of sp³-hybridized carbons (Fsp3) is 0.0909. The van der Waals surface area contributed by atoms with Crippen molar-refractivity contribution in [3.63, 3.8) is 0 Å². The first-order valence-electron chi connectivity index (χ1n) is 8.64. The van der Waals surface area contributed by atoms with Gasteiger partial charge in [-0.2, -0.15) is 0 Å². The summed E-state index contributed by atoms with van der Waals surface area (Å²) in [6.45, 7) is 3.32. The highest BCUT2D eigenvalue weighted by atomic mass is 32.1. The Kier molecular flexibility index (Phi) is 6.01. The van der Waals surface area contributed by atoms with Crippen molar-refractivity contribution in [3.05, 3.63) is 76.9 Å². The van der Waals surface area contributed by atoms with Crippen LogP contribution in [0.3, 0.4) is 0 Å². The average Bonchev–Trinajstić information content (AvgIpc) is 3.12. The molecule has 3 aromatic rings. The molecule has 2 amide bonds. The molecule has 1 heterocycles. The van der Waals surface area contributed by atoms with Gasteiger partial charge in [0.1, 0.15) is 5.82 Å². The fourth-order valence-electron chi connectivity index (χ4n) is 2.58. The topological polar surface area (TPSA) is 58.2 Å². The van der Waals surface area contributed by atoms with Crippen LogP contribution >= 0.6 is 11.3 Å². The first-order chi connectivity index (χ1) is 13.4. The molecule has 0 aliphatic rings. The fourth-order valence-corrected chi connectivity index (χ4v) is 3.49. The van der Waals surface area contributed by atoms with Crippen molar-refractivity contribution in [1.82, 2.24) is 0 Å². The lowest BCUT2D eigenvalue weighted by atomic mass is 10.1. The number of nitrogens with one attached hydrogen (secondary N) is 2. The largest absolute Gasteiger partial charge is 0.326 e. The number of carbonyl (C=O) groups excluding carboxylic acids is 2. The molecule has 0 aliphatic carbocycles. The third-order valence-corrected chi connectivity index (χ3v) is 5.07. The number of thiophene rings is 1. The van der Waals surface area contributed by atoms with E-state index in [-0.39, 0.29) is 17.6 Å². The summed E-state index contributed by atoms with van der Waals surface area (Å²) in [7, 11) is 0. The highest BCUT2D eigenvalue weighted by molar-refractivity contribution is 7.16. The van der Waals surface area contributed by atoms with Crippen LogP contribution in [-0.4, -0.2) is 11.8 Å². The monoisotopic (exact) mass is 394 g/mol. The maximum absolute atomic E-state index is 13.0. The zero-order valence-corrected chi connectivity index (χ0v) is 16.3. The highest BCUT2D eigenvalue weighted by Crippen LogP contribution is 2.29. The van der Waals surface area contributed by atoms with Crippen LogP contribution in [0.2, 0.25) is 0 Å². The smallest absolute Gasteiger partial charge is 0.248 e. The molecule has 142 valence electrons. The summed E-state index contributed by atoms with van der Waals surface area (Å²) < 4.78 is 13.0. The Morgan fingerprint density at radius 1 is 1.00 bits per heavy atom. The minimum Gasteiger partial charge on any atom is -0.326 e. The molecular weight excluding hydrogens is 375 g/mol. The summed E-state index contributed by atoms with van der Waals surface area (Å²) >= 11 is 1.51. The second kappa shape index (κ2) is 8.63. The standard InChI is InChI=1S/C22H19FN2O2S/c1-14-3-8-18(13-20(14)24-15(2)26)25-22(27)12-10-19-9-11-21(28-19)16-4-6-17(23)7-5-16/h3-13H,1-2H3,(H,24,26)(H,25,27)/b12-10+. The number of rotatable bonds is 5. The van der Waals surface area contributed by atoms with Crippen molar-refractivity contribution in [2.75, 3.05) is 10.6 Å². The van der Waals surface area contributed by atoms with E-state index in [9.17, 15) is 14.0 Å². The SMILES string of the molecule is CC(=O)Nc1cc(NC(=O)/C=C/c2ccc(-c3ccc(F)cc3)s2)ccc1C. The first-order valence-corrected chi connectivity index (χ1v) is 9.45. The van der Waals surface area contributed by atoms with Crippen LogP contribution in [0.25, 0.3) is 16.5 Å². The van der Waals surface area contributed by atoms with Crippen LogP contribution in [0.1, 0.15) is 17.4 Å². The van der Waals surface area contributed by atoms with Gasteiger partial charge in [0.15, 0.2) is 0 Å². The van der Waals surface area contributed by atoms with E-state index in [4.69, 9.17) is 0 Å². The van der Waals surface area contributed by atoms with Gasteiger partial charge in [0.25, 0.3) is 0 Å². The molecule has 0 spiro atoms. The van der Waals surface area contributed by atoms with Gasteiger partial charge in [-0.3, -0.25) is 9.59 Å². The number of amides is 2. The number of anilines is 2. The Morgan fingerprint density at radius 3 is 2.46 bits per heavy atom. The molecule has 0 radical (unpaired) electrons.